The van der Waals surface area contributed by atoms with Crippen LogP contribution < -0.4 is 0 Å². The number of carboxylic acid groups (broad SMARTS) is 1. The molecule has 0 unspecified atom stereocenters. The lowest BCUT2D eigenvalue weighted by molar-refractivity contribution is -0.137. The molecule has 1 aromatic carbocycles. The molecule has 0 aliphatic carbocycles. The van der Waals surface area contributed by atoms with Crippen molar-refractivity contribution in [2.24, 2.45) is 0 Å². The van der Waals surface area contributed by atoms with Gasteiger partial charge in [-0.2, -0.15) is 18.3 Å². The van der Waals surface area contributed by atoms with Crippen LogP contribution in [0.5, 0.6) is 0 Å². The van der Waals surface area contributed by atoms with Gasteiger partial charge in [0.15, 0.2) is 5.69 Å². The Morgan fingerprint density at radius 1 is 1.21 bits per heavy atom. The third-order valence-electron chi connectivity index (χ3n) is 3.74. The van der Waals surface area contributed by atoms with E-state index in [1.807, 2.05) is 0 Å². The predicted octanol–water partition coefficient (Wildman–Crippen LogP) is 2.26. The maximum atomic E-state index is 12.6. The molecule has 2 heterocycles. The lowest BCUT2D eigenvalue weighted by Crippen LogP contribution is -2.39. The van der Waals surface area contributed by atoms with E-state index in [4.69, 9.17) is 5.11 Å². The average molecular weight is 339 g/mol. The summed E-state index contributed by atoms with van der Waals surface area (Å²) in [6.45, 7) is 0.771. The lowest BCUT2D eigenvalue weighted by Gasteiger charge is -2.27. The highest BCUT2D eigenvalue weighted by molar-refractivity contribution is 5.96. The number of aromatic carboxylic acids is 1. The Morgan fingerprint density at radius 3 is 2.46 bits per heavy atom. The first-order valence-electron chi connectivity index (χ1n) is 7.02. The summed E-state index contributed by atoms with van der Waals surface area (Å²) in [5, 5.41) is 12.7. The van der Waals surface area contributed by atoms with E-state index in [1.165, 1.54) is 27.8 Å². The number of nitrogens with zero attached hydrogens (tertiary/aromatic N) is 3. The first kappa shape index (κ1) is 16.0. The summed E-state index contributed by atoms with van der Waals surface area (Å²) in [6, 6.07) is 5.78. The zero-order chi connectivity index (χ0) is 17.5. The number of fused-ring (bicyclic) bond motifs is 1. The van der Waals surface area contributed by atoms with Crippen molar-refractivity contribution in [3.05, 3.63) is 52.8 Å². The Hall–Kier alpha value is -2.84. The van der Waals surface area contributed by atoms with Crippen LogP contribution in [-0.4, -0.2) is 38.2 Å². The standard InChI is InChI=1S/C15H12F3N3O3/c16-15(17,18)10-3-1-9(2-4-10)8-20-5-6-21-12(13(20)22)7-11(19-21)14(23)24/h1-4,7H,5-6,8H2,(H,23,24). The van der Waals surface area contributed by atoms with Crippen LogP contribution in [-0.2, 0) is 19.3 Å². The van der Waals surface area contributed by atoms with Crippen LogP contribution in [0.1, 0.15) is 32.1 Å². The second kappa shape index (κ2) is 5.66. The molecule has 0 spiro atoms. The number of carboxylic acids is 1. The number of carbonyl (C=O) groups is 2. The zero-order valence-electron chi connectivity index (χ0n) is 12.2. The van der Waals surface area contributed by atoms with Gasteiger partial charge in [0, 0.05) is 19.2 Å². The van der Waals surface area contributed by atoms with E-state index in [1.54, 1.807) is 0 Å². The highest BCUT2D eigenvalue weighted by Gasteiger charge is 2.31. The van der Waals surface area contributed by atoms with E-state index in [0.29, 0.717) is 18.7 Å². The number of alkyl halides is 3. The van der Waals surface area contributed by atoms with E-state index in [0.717, 1.165) is 12.1 Å². The van der Waals surface area contributed by atoms with Crippen molar-refractivity contribution in [1.29, 1.82) is 0 Å². The fourth-order valence-electron chi connectivity index (χ4n) is 2.51. The molecule has 1 N–H and O–H groups in total. The van der Waals surface area contributed by atoms with Crippen molar-refractivity contribution >= 4 is 11.9 Å². The molecule has 0 saturated carbocycles. The highest BCUT2D eigenvalue weighted by Crippen LogP contribution is 2.29. The van der Waals surface area contributed by atoms with Gasteiger partial charge < -0.3 is 10.0 Å². The molecule has 2 aromatic rings. The van der Waals surface area contributed by atoms with E-state index in [9.17, 15) is 22.8 Å². The van der Waals surface area contributed by atoms with E-state index >= 15 is 0 Å². The van der Waals surface area contributed by atoms with Gasteiger partial charge in [-0.25, -0.2) is 4.79 Å². The molecule has 0 fully saturated rings. The van der Waals surface area contributed by atoms with Gasteiger partial charge in [0.2, 0.25) is 0 Å². The first-order valence-corrected chi connectivity index (χ1v) is 7.02. The third kappa shape index (κ3) is 2.97. The van der Waals surface area contributed by atoms with E-state index < -0.39 is 23.6 Å². The summed E-state index contributed by atoms with van der Waals surface area (Å²) in [5.74, 6) is -1.62. The van der Waals surface area contributed by atoms with Gasteiger partial charge in [-0.05, 0) is 17.7 Å². The summed E-state index contributed by atoms with van der Waals surface area (Å²) >= 11 is 0. The van der Waals surface area contributed by atoms with Crippen LogP contribution in [0, 0.1) is 0 Å². The molecule has 0 radical (unpaired) electrons. The van der Waals surface area contributed by atoms with Gasteiger partial charge in [0.25, 0.3) is 5.91 Å². The monoisotopic (exact) mass is 339 g/mol. The Balaban J connectivity index is 1.77. The Bertz CT molecular complexity index is 797. The number of amides is 1. The van der Waals surface area contributed by atoms with Gasteiger partial charge in [-0.3, -0.25) is 9.48 Å². The molecule has 1 amide bonds. The summed E-state index contributed by atoms with van der Waals surface area (Å²) < 4.78 is 39.0. The van der Waals surface area contributed by atoms with Crippen LogP contribution in [0.4, 0.5) is 13.2 Å². The summed E-state index contributed by atoms with van der Waals surface area (Å²) in [7, 11) is 0. The maximum Gasteiger partial charge on any atom is 0.416 e. The quantitative estimate of drug-likeness (QED) is 0.931. The van der Waals surface area contributed by atoms with Crippen LogP contribution >= 0.6 is 0 Å². The molecule has 1 aromatic heterocycles. The molecule has 1 aliphatic rings. The van der Waals surface area contributed by atoms with Crippen molar-refractivity contribution in [3.63, 3.8) is 0 Å². The second-order valence-corrected chi connectivity index (χ2v) is 5.36. The topological polar surface area (TPSA) is 75.4 Å². The van der Waals surface area contributed by atoms with Crippen molar-refractivity contribution in [2.45, 2.75) is 19.3 Å². The Kier molecular flexibility index (Phi) is 3.78. The molecule has 24 heavy (non-hydrogen) atoms. The van der Waals surface area contributed by atoms with Crippen LogP contribution in [0.2, 0.25) is 0 Å². The second-order valence-electron chi connectivity index (χ2n) is 5.36. The number of aromatic nitrogens is 2. The fourth-order valence-corrected chi connectivity index (χ4v) is 2.51. The van der Waals surface area contributed by atoms with Crippen molar-refractivity contribution in [2.75, 3.05) is 6.54 Å². The van der Waals surface area contributed by atoms with Crippen LogP contribution in [0.3, 0.4) is 0 Å². The highest BCUT2D eigenvalue weighted by atomic mass is 19.4. The molecule has 126 valence electrons. The third-order valence-corrected chi connectivity index (χ3v) is 3.74. The number of hydrogen-bond donors (Lipinski definition) is 1. The Morgan fingerprint density at radius 2 is 1.88 bits per heavy atom. The minimum atomic E-state index is -4.40. The number of rotatable bonds is 3. The molecule has 6 nitrogen and oxygen atoms in total. The van der Waals surface area contributed by atoms with Crippen molar-refractivity contribution in [1.82, 2.24) is 14.7 Å². The molecule has 0 saturated heterocycles. The van der Waals surface area contributed by atoms with Gasteiger partial charge in [0.1, 0.15) is 5.69 Å². The SMILES string of the molecule is O=C(O)c1cc2n(n1)CCN(Cc1ccc(C(F)(F)F)cc1)C2=O. The van der Waals surface area contributed by atoms with Crippen LogP contribution in [0.25, 0.3) is 0 Å². The van der Waals surface area contributed by atoms with Gasteiger partial charge in [-0.15, -0.1) is 0 Å². The summed E-state index contributed by atoms with van der Waals surface area (Å²) in [4.78, 5) is 24.7. The molecular weight excluding hydrogens is 327 g/mol. The summed E-state index contributed by atoms with van der Waals surface area (Å²) in [6.07, 6.45) is -4.40. The van der Waals surface area contributed by atoms with E-state index in [2.05, 4.69) is 5.10 Å². The summed E-state index contributed by atoms with van der Waals surface area (Å²) in [5.41, 5.74) is -0.247. The average Bonchev–Trinajstić information content (AvgIpc) is 2.95. The largest absolute Gasteiger partial charge is 0.476 e. The smallest absolute Gasteiger partial charge is 0.416 e. The number of carbonyl (C=O) groups excluding carboxylic acids is 1. The van der Waals surface area contributed by atoms with Crippen LogP contribution in [0.15, 0.2) is 30.3 Å². The van der Waals surface area contributed by atoms with Crippen molar-refractivity contribution < 1.29 is 27.9 Å². The first-order chi connectivity index (χ1) is 11.3. The Labute approximate surface area is 134 Å². The molecule has 9 heteroatoms. The molecule has 3 rings (SSSR count). The molecule has 0 atom stereocenters. The molecule has 1 aliphatic heterocycles. The normalized spacial score (nSPS) is 14.6. The minimum Gasteiger partial charge on any atom is -0.476 e. The minimum absolute atomic E-state index is 0.143. The van der Waals surface area contributed by atoms with E-state index in [-0.39, 0.29) is 17.9 Å². The number of halogens is 3. The van der Waals surface area contributed by atoms with Gasteiger partial charge in [0.05, 0.1) is 12.1 Å². The maximum absolute atomic E-state index is 12.6. The predicted molar refractivity (Wildman–Crippen MR) is 75.4 cm³/mol. The molecular formula is C15H12F3N3O3. The fraction of sp³-hybridized carbons (Fsp3) is 0.267. The molecule has 0 bridgehead atoms. The van der Waals surface area contributed by atoms with Crippen molar-refractivity contribution in [3.8, 4) is 0 Å². The zero-order valence-corrected chi connectivity index (χ0v) is 12.2. The lowest BCUT2D eigenvalue weighted by atomic mass is 10.1. The van der Waals surface area contributed by atoms with Gasteiger partial charge >= 0.3 is 12.1 Å². The number of hydrogen-bond acceptors (Lipinski definition) is 3. The number of benzene rings is 1. The van der Waals surface area contributed by atoms with Gasteiger partial charge in [-0.1, -0.05) is 12.1 Å².